The van der Waals surface area contributed by atoms with Crippen LogP contribution in [0.3, 0.4) is 0 Å². The topological polar surface area (TPSA) is 54.7 Å². The minimum absolute atomic E-state index is 0.107. The summed E-state index contributed by atoms with van der Waals surface area (Å²) in [5.41, 5.74) is 7.65. The number of hydrogen-bond donors (Lipinski definition) is 1. The number of nitrogens with two attached hydrogens (primary N) is 1. The monoisotopic (exact) mass is 199 g/mol. The quantitative estimate of drug-likeness (QED) is 0.756. The van der Waals surface area contributed by atoms with Gasteiger partial charge < -0.3 is 10.3 Å². The molecule has 1 aromatic carbocycles. The molecule has 0 amide bonds. The summed E-state index contributed by atoms with van der Waals surface area (Å²) in [6.07, 6.45) is 2.73. The van der Waals surface area contributed by atoms with Crippen molar-refractivity contribution in [3.63, 3.8) is 0 Å². The van der Waals surface area contributed by atoms with Gasteiger partial charge in [-0.25, -0.2) is 0 Å². The lowest BCUT2D eigenvalue weighted by Crippen LogP contribution is -2.03. The highest BCUT2D eigenvalue weighted by molar-refractivity contribution is 5.91. The summed E-state index contributed by atoms with van der Waals surface area (Å²) in [5, 5.41) is 10.0. The van der Waals surface area contributed by atoms with E-state index in [1.807, 2.05) is 42.0 Å². The minimum Gasteiger partial charge on any atom is -0.398 e. The third kappa shape index (κ3) is 1.44. The summed E-state index contributed by atoms with van der Waals surface area (Å²) in [4.78, 5) is 0. The number of hydrogen-bond acceptors (Lipinski definition) is 2. The number of anilines is 1. The van der Waals surface area contributed by atoms with Crippen molar-refractivity contribution in [2.75, 3.05) is 5.73 Å². The molecule has 0 spiro atoms. The Hall–Kier alpha value is -1.95. The predicted octanol–water partition coefficient (Wildman–Crippen LogP) is 2.70. The number of benzene rings is 1. The first-order chi connectivity index (χ1) is 7.27. The third-order valence-corrected chi connectivity index (χ3v) is 2.67. The normalized spacial score (nSPS) is 12.5. The van der Waals surface area contributed by atoms with Crippen molar-refractivity contribution in [2.45, 2.75) is 19.4 Å². The summed E-state index contributed by atoms with van der Waals surface area (Å²) in [6, 6.07) is 9.93. The Balaban J connectivity index is 2.64. The molecule has 0 aliphatic rings. The van der Waals surface area contributed by atoms with E-state index in [4.69, 9.17) is 11.0 Å². The second-order valence-electron chi connectivity index (χ2n) is 3.56. The van der Waals surface area contributed by atoms with E-state index in [1.165, 1.54) is 0 Å². The van der Waals surface area contributed by atoms with E-state index in [9.17, 15) is 0 Å². The summed E-state index contributed by atoms with van der Waals surface area (Å²) in [7, 11) is 0. The maximum absolute atomic E-state index is 9.02. The van der Waals surface area contributed by atoms with Crippen LogP contribution in [0.2, 0.25) is 0 Å². The minimum atomic E-state index is -0.107. The fourth-order valence-corrected chi connectivity index (χ4v) is 1.83. The Morgan fingerprint density at radius 3 is 2.93 bits per heavy atom. The van der Waals surface area contributed by atoms with Gasteiger partial charge >= 0.3 is 0 Å². The summed E-state index contributed by atoms with van der Waals surface area (Å²) in [6.45, 7) is 2.01. The molecule has 0 saturated carbocycles. The molecule has 0 radical (unpaired) electrons. The molecule has 0 saturated heterocycles. The lowest BCUT2D eigenvalue weighted by atomic mass is 10.2. The first-order valence-corrected chi connectivity index (χ1v) is 5.02. The van der Waals surface area contributed by atoms with Crippen molar-refractivity contribution >= 4 is 16.6 Å². The largest absolute Gasteiger partial charge is 0.398 e. The van der Waals surface area contributed by atoms with Gasteiger partial charge in [0, 0.05) is 17.3 Å². The van der Waals surface area contributed by atoms with E-state index in [1.54, 1.807) is 0 Å². The van der Waals surface area contributed by atoms with Crippen molar-refractivity contribution in [1.82, 2.24) is 4.57 Å². The molecule has 0 aliphatic carbocycles. The molecule has 0 fully saturated rings. The zero-order valence-corrected chi connectivity index (χ0v) is 8.64. The Morgan fingerprint density at radius 1 is 1.47 bits per heavy atom. The van der Waals surface area contributed by atoms with E-state index < -0.39 is 0 Å². The van der Waals surface area contributed by atoms with E-state index in [-0.39, 0.29) is 6.04 Å². The summed E-state index contributed by atoms with van der Waals surface area (Å²) >= 11 is 0. The van der Waals surface area contributed by atoms with Crippen LogP contribution >= 0.6 is 0 Å². The zero-order valence-electron chi connectivity index (χ0n) is 8.64. The van der Waals surface area contributed by atoms with Crippen LogP contribution < -0.4 is 5.73 Å². The van der Waals surface area contributed by atoms with Gasteiger partial charge in [-0.05, 0) is 24.6 Å². The molecule has 15 heavy (non-hydrogen) atoms. The van der Waals surface area contributed by atoms with Crippen LogP contribution in [0.25, 0.3) is 10.9 Å². The zero-order chi connectivity index (χ0) is 10.8. The van der Waals surface area contributed by atoms with Crippen molar-refractivity contribution < 1.29 is 0 Å². The SMILES string of the molecule is CCC(C#N)n1ccc2c(N)cccc21. The number of nitrogens with zero attached hydrogens (tertiary/aromatic N) is 2. The molecule has 0 bridgehead atoms. The van der Waals surface area contributed by atoms with Gasteiger partial charge in [-0.15, -0.1) is 0 Å². The number of nitriles is 1. The molecule has 76 valence electrons. The molecular formula is C12H13N3. The van der Waals surface area contributed by atoms with Crippen LogP contribution in [0, 0.1) is 11.3 Å². The van der Waals surface area contributed by atoms with Crippen LogP contribution in [0.1, 0.15) is 19.4 Å². The molecule has 1 heterocycles. The molecular weight excluding hydrogens is 186 g/mol. The van der Waals surface area contributed by atoms with Gasteiger partial charge in [0.05, 0.1) is 11.6 Å². The molecule has 1 unspecified atom stereocenters. The first-order valence-electron chi connectivity index (χ1n) is 5.02. The van der Waals surface area contributed by atoms with Crippen molar-refractivity contribution in [1.29, 1.82) is 5.26 Å². The second-order valence-corrected chi connectivity index (χ2v) is 3.56. The highest BCUT2D eigenvalue weighted by Gasteiger charge is 2.10. The summed E-state index contributed by atoms with van der Waals surface area (Å²) in [5.74, 6) is 0. The molecule has 1 aromatic heterocycles. The maximum Gasteiger partial charge on any atom is 0.120 e. The molecule has 3 nitrogen and oxygen atoms in total. The molecule has 3 heteroatoms. The van der Waals surface area contributed by atoms with Gasteiger partial charge in [0.2, 0.25) is 0 Å². The van der Waals surface area contributed by atoms with Crippen LogP contribution in [-0.4, -0.2) is 4.57 Å². The standard InChI is InChI=1S/C12H13N3/c1-2-9(8-13)15-7-6-10-11(14)4-3-5-12(10)15/h3-7,9H,2,14H2,1H3. The highest BCUT2D eigenvalue weighted by atomic mass is 15.0. The summed E-state index contributed by atoms with van der Waals surface area (Å²) < 4.78 is 1.98. The van der Waals surface area contributed by atoms with Gasteiger partial charge in [-0.2, -0.15) is 5.26 Å². The highest BCUT2D eigenvalue weighted by Crippen LogP contribution is 2.25. The van der Waals surface area contributed by atoms with Gasteiger partial charge in [-0.3, -0.25) is 0 Å². The fourth-order valence-electron chi connectivity index (χ4n) is 1.83. The van der Waals surface area contributed by atoms with Crippen molar-refractivity contribution in [3.8, 4) is 6.07 Å². The average Bonchev–Trinajstić information content (AvgIpc) is 2.66. The Kier molecular flexibility index (Phi) is 2.34. The molecule has 2 rings (SSSR count). The Bertz CT molecular complexity index is 519. The van der Waals surface area contributed by atoms with Crippen LogP contribution in [-0.2, 0) is 0 Å². The van der Waals surface area contributed by atoms with Gasteiger partial charge in [0.25, 0.3) is 0 Å². The number of rotatable bonds is 2. The lowest BCUT2D eigenvalue weighted by molar-refractivity contribution is 0.617. The van der Waals surface area contributed by atoms with E-state index in [2.05, 4.69) is 6.07 Å². The molecule has 0 aliphatic heterocycles. The first kappa shape index (κ1) is 9.60. The Morgan fingerprint density at radius 2 is 2.27 bits per heavy atom. The van der Waals surface area contributed by atoms with Crippen LogP contribution in [0.5, 0.6) is 0 Å². The maximum atomic E-state index is 9.02. The van der Waals surface area contributed by atoms with Gasteiger partial charge in [0.15, 0.2) is 0 Å². The van der Waals surface area contributed by atoms with Gasteiger partial charge in [-0.1, -0.05) is 13.0 Å². The average molecular weight is 199 g/mol. The third-order valence-electron chi connectivity index (χ3n) is 2.67. The van der Waals surface area contributed by atoms with Crippen molar-refractivity contribution in [3.05, 3.63) is 30.5 Å². The van der Waals surface area contributed by atoms with E-state index in [0.717, 1.165) is 23.0 Å². The van der Waals surface area contributed by atoms with E-state index in [0.29, 0.717) is 0 Å². The van der Waals surface area contributed by atoms with Crippen LogP contribution in [0.15, 0.2) is 30.5 Å². The predicted molar refractivity (Wildman–Crippen MR) is 61.3 cm³/mol. The van der Waals surface area contributed by atoms with E-state index >= 15 is 0 Å². The fraction of sp³-hybridized carbons (Fsp3) is 0.250. The van der Waals surface area contributed by atoms with Crippen LogP contribution in [0.4, 0.5) is 5.69 Å². The number of aromatic nitrogens is 1. The smallest absolute Gasteiger partial charge is 0.120 e. The van der Waals surface area contributed by atoms with Gasteiger partial charge in [0.1, 0.15) is 6.04 Å². The number of fused-ring (bicyclic) bond motifs is 1. The Labute approximate surface area is 88.7 Å². The molecule has 2 N–H and O–H groups in total. The van der Waals surface area contributed by atoms with Crippen molar-refractivity contribution in [2.24, 2.45) is 0 Å². The lowest BCUT2D eigenvalue weighted by Gasteiger charge is -2.10. The molecule has 1 atom stereocenters. The number of nitrogen functional groups attached to an aromatic ring is 1. The second kappa shape index (κ2) is 3.66. The molecule has 2 aromatic rings.